The minimum atomic E-state index is -0.0475. The van der Waals surface area contributed by atoms with Crippen molar-refractivity contribution in [1.82, 2.24) is 10.2 Å². The first-order valence-electron chi connectivity index (χ1n) is 4.28. The largest absolute Gasteiger partial charge is 0.346 e. The van der Waals surface area contributed by atoms with Gasteiger partial charge in [0, 0.05) is 13.6 Å². The van der Waals surface area contributed by atoms with E-state index in [4.69, 9.17) is 0 Å². The summed E-state index contributed by atoms with van der Waals surface area (Å²) in [5, 5.41) is 2.58. The molecule has 1 heterocycles. The third kappa shape index (κ3) is 3.67. The van der Waals surface area contributed by atoms with Gasteiger partial charge in [0.15, 0.2) is 0 Å². The van der Waals surface area contributed by atoms with Gasteiger partial charge in [-0.25, -0.2) is 0 Å². The summed E-state index contributed by atoms with van der Waals surface area (Å²) < 4.78 is 0. The summed E-state index contributed by atoms with van der Waals surface area (Å²) in [4.78, 5) is 24.0. The molecule has 13 heavy (non-hydrogen) atoms. The number of likely N-dealkylation sites (N-methyl/N-ethyl adjacent to an activating group) is 1. The van der Waals surface area contributed by atoms with Crippen LogP contribution in [0.3, 0.4) is 0 Å². The molecule has 0 atom stereocenters. The Morgan fingerprint density at radius 1 is 1.46 bits per heavy atom. The number of carbonyl (C=O) groups excluding carboxylic acids is 2. The highest BCUT2D eigenvalue weighted by Crippen LogP contribution is 2.03. The molecule has 1 rings (SSSR count). The van der Waals surface area contributed by atoms with Crippen LogP contribution in [0.15, 0.2) is 0 Å². The molecule has 0 aromatic carbocycles. The van der Waals surface area contributed by atoms with Crippen molar-refractivity contribution in [3.63, 3.8) is 0 Å². The first-order chi connectivity index (χ1) is 6.20. The summed E-state index contributed by atoms with van der Waals surface area (Å²) in [6, 6.07) is 0. The molecule has 1 aliphatic heterocycles. The molecule has 0 saturated carbocycles. The Bertz CT molecular complexity index is 208. The van der Waals surface area contributed by atoms with Crippen LogP contribution < -0.4 is 5.32 Å². The van der Waals surface area contributed by atoms with Gasteiger partial charge < -0.3 is 10.2 Å². The van der Waals surface area contributed by atoms with Gasteiger partial charge in [-0.1, -0.05) is 0 Å². The Hall–Kier alpha value is -0.710. The predicted molar refractivity (Wildman–Crippen MR) is 52.6 cm³/mol. The zero-order chi connectivity index (χ0) is 9.68. The standard InChI is InChI=1S/C8H14N2O2S/c1-10-3-2-4-13-6-7(11)9-5-8(10)12/h2-6H2,1H3,(H,9,11). The monoisotopic (exact) mass is 202 g/mol. The number of rotatable bonds is 0. The topological polar surface area (TPSA) is 49.4 Å². The lowest BCUT2D eigenvalue weighted by molar-refractivity contribution is -0.131. The van der Waals surface area contributed by atoms with E-state index >= 15 is 0 Å². The minimum Gasteiger partial charge on any atom is -0.346 e. The third-order valence-corrected chi connectivity index (χ3v) is 2.92. The van der Waals surface area contributed by atoms with E-state index < -0.39 is 0 Å². The quantitative estimate of drug-likeness (QED) is 0.586. The molecular formula is C8H14N2O2S. The molecule has 74 valence electrons. The molecule has 0 aromatic heterocycles. The van der Waals surface area contributed by atoms with Gasteiger partial charge in [0.05, 0.1) is 12.3 Å². The predicted octanol–water partition coefficient (Wildman–Crippen LogP) is -0.302. The van der Waals surface area contributed by atoms with E-state index in [9.17, 15) is 9.59 Å². The zero-order valence-corrected chi connectivity index (χ0v) is 8.52. The van der Waals surface area contributed by atoms with Crippen molar-refractivity contribution < 1.29 is 9.59 Å². The maximum atomic E-state index is 11.3. The fourth-order valence-corrected chi connectivity index (χ4v) is 1.82. The number of thioether (sulfide) groups is 1. The van der Waals surface area contributed by atoms with Crippen LogP contribution in [-0.2, 0) is 9.59 Å². The second-order valence-electron chi connectivity index (χ2n) is 3.00. The summed E-state index contributed by atoms with van der Waals surface area (Å²) in [5.74, 6) is 1.34. The Balaban J connectivity index is 2.44. The maximum absolute atomic E-state index is 11.3. The molecule has 0 aromatic rings. The van der Waals surface area contributed by atoms with Gasteiger partial charge in [0.2, 0.25) is 11.8 Å². The third-order valence-electron chi connectivity index (χ3n) is 1.88. The fourth-order valence-electron chi connectivity index (χ4n) is 1.05. The van der Waals surface area contributed by atoms with Gasteiger partial charge in [-0.15, -0.1) is 0 Å². The molecule has 1 fully saturated rings. The summed E-state index contributed by atoms with van der Waals surface area (Å²) in [7, 11) is 1.76. The molecule has 2 amide bonds. The molecule has 1 N–H and O–H groups in total. The van der Waals surface area contributed by atoms with Gasteiger partial charge in [-0.3, -0.25) is 9.59 Å². The zero-order valence-electron chi connectivity index (χ0n) is 7.71. The number of nitrogens with zero attached hydrogens (tertiary/aromatic N) is 1. The summed E-state index contributed by atoms with van der Waals surface area (Å²) in [6.07, 6.45) is 0.959. The molecule has 5 heteroatoms. The lowest BCUT2D eigenvalue weighted by Crippen LogP contribution is -2.40. The fraction of sp³-hybridized carbons (Fsp3) is 0.750. The summed E-state index contributed by atoms with van der Waals surface area (Å²) in [6.45, 7) is 0.914. The average Bonchev–Trinajstić information content (AvgIpc) is 2.12. The van der Waals surface area contributed by atoms with Crippen molar-refractivity contribution in [2.75, 3.05) is 31.6 Å². The van der Waals surface area contributed by atoms with Crippen LogP contribution in [0, 0.1) is 0 Å². The SMILES string of the molecule is CN1CCCSCC(=O)NCC1=O. The normalized spacial score (nSPS) is 21.2. The number of hydrogen-bond acceptors (Lipinski definition) is 3. The highest BCUT2D eigenvalue weighted by atomic mass is 32.2. The molecule has 0 unspecified atom stereocenters. The molecule has 4 nitrogen and oxygen atoms in total. The first-order valence-corrected chi connectivity index (χ1v) is 5.44. The highest BCUT2D eigenvalue weighted by molar-refractivity contribution is 7.99. The number of hydrogen-bond donors (Lipinski definition) is 1. The van der Waals surface area contributed by atoms with Gasteiger partial charge in [-0.2, -0.15) is 11.8 Å². The molecule has 1 aliphatic rings. The van der Waals surface area contributed by atoms with Crippen LogP contribution in [0.4, 0.5) is 0 Å². The Labute approximate surface area is 82.0 Å². The Morgan fingerprint density at radius 3 is 3.00 bits per heavy atom. The van der Waals surface area contributed by atoms with Crippen molar-refractivity contribution in [2.24, 2.45) is 0 Å². The summed E-state index contributed by atoms with van der Waals surface area (Å²) >= 11 is 1.61. The molecule has 0 radical (unpaired) electrons. The van der Waals surface area contributed by atoms with Crippen molar-refractivity contribution >= 4 is 23.6 Å². The first kappa shape index (κ1) is 10.4. The second kappa shape index (κ2) is 5.11. The molecule has 0 spiro atoms. The van der Waals surface area contributed by atoms with E-state index in [2.05, 4.69) is 5.32 Å². The lowest BCUT2D eigenvalue weighted by Gasteiger charge is -2.18. The van der Waals surface area contributed by atoms with Crippen LogP contribution in [-0.4, -0.2) is 48.4 Å². The van der Waals surface area contributed by atoms with E-state index in [1.807, 2.05) is 0 Å². The molecular weight excluding hydrogens is 188 g/mol. The van der Waals surface area contributed by atoms with E-state index in [-0.39, 0.29) is 18.4 Å². The smallest absolute Gasteiger partial charge is 0.241 e. The van der Waals surface area contributed by atoms with Gasteiger partial charge >= 0.3 is 0 Å². The van der Waals surface area contributed by atoms with Gasteiger partial charge in [0.1, 0.15) is 0 Å². The lowest BCUT2D eigenvalue weighted by atomic mass is 10.4. The van der Waals surface area contributed by atoms with Crippen molar-refractivity contribution in [3.8, 4) is 0 Å². The van der Waals surface area contributed by atoms with Crippen LogP contribution in [0.1, 0.15) is 6.42 Å². The summed E-state index contributed by atoms with van der Waals surface area (Å²) in [5.41, 5.74) is 0. The van der Waals surface area contributed by atoms with Crippen LogP contribution >= 0.6 is 11.8 Å². The molecule has 0 aliphatic carbocycles. The second-order valence-corrected chi connectivity index (χ2v) is 4.10. The average molecular weight is 202 g/mol. The number of amides is 2. The van der Waals surface area contributed by atoms with Crippen molar-refractivity contribution in [2.45, 2.75) is 6.42 Å². The van der Waals surface area contributed by atoms with Crippen LogP contribution in [0.2, 0.25) is 0 Å². The maximum Gasteiger partial charge on any atom is 0.241 e. The Kier molecular flexibility index (Phi) is 4.08. The van der Waals surface area contributed by atoms with E-state index in [1.54, 1.807) is 23.7 Å². The number of nitrogens with one attached hydrogen (secondary N) is 1. The molecule has 1 saturated heterocycles. The van der Waals surface area contributed by atoms with Gasteiger partial charge in [0.25, 0.3) is 0 Å². The van der Waals surface area contributed by atoms with Crippen LogP contribution in [0.5, 0.6) is 0 Å². The van der Waals surface area contributed by atoms with E-state index in [0.717, 1.165) is 18.7 Å². The Morgan fingerprint density at radius 2 is 2.23 bits per heavy atom. The van der Waals surface area contributed by atoms with Crippen LogP contribution in [0.25, 0.3) is 0 Å². The van der Waals surface area contributed by atoms with Crippen molar-refractivity contribution in [3.05, 3.63) is 0 Å². The van der Waals surface area contributed by atoms with E-state index in [1.165, 1.54) is 0 Å². The minimum absolute atomic E-state index is 0.0137. The molecule has 0 bridgehead atoms. The van der Waals surface area contributed by atoms with E-state index in [0.29, 0.717) is 5.75 Å². The van der Waals surface area contributed by atoms with Gasteiger partial charge in [-0.05, 0) is 12.2 Å². The van der Waals surface area contributed by atoms with Crippen molar-refractivity contribution in [1.29, 1.82) is 0 Å². The highest BCUT2D eigenvalue weighted by Gasteiger charge is 2.11. The number of carbonyl (C=O) groups is 2.